The number of alkyl halides is 3. The van der Waals surface area contributed by atoms with Crippen LogP contribution >= 0.6 is 27.3 Å². The molecule has 0 N–H and O–H groups in total. The minimum absolute atomic E-state index is 0.113. The summed E-state index contributed by atoms with van der Waals surface area (Å²) >= 11 is 4.16. The minimum Gasteiger partial charge on any atom is -0.492 e. The number of halogens is 4. The third-order valence-corrected chi connectivity index (χ3v) is 3.93. The normalized spacial score (nSPS) is 11.1. The Hall–Kier alpha value is -1.86. The molecule has 2 rings (SSSR count). The first-order chi connectivity index (χ1) is 10.9. The molecule has 0 unspecified atom stereocenters. The third-order valence-electron chi connectivity index (χ3n) is 2.53. The van der Waals surface area contributed by atoms with Gasteiger partial charge in [0, 0.05) is 6.42 Å². The van der Waals surface area contributed by atoms with Crippen molar-refractivity contribution in [2.75, 3.05) is 13.2 Å². The highest BCUT2D eigenvalue weighted by atomic mass is 79.9. The molecule has 1 aromatic heterocycles. The van der Waals surface area contributed by atoms with Gasteiger partial charge in [0.25, 0.3) is 5.19 Å². The standard InChI is InChI=1S/C13H9BrF3N3O2S/c14-9-3-2-8(13(15,16)17)6-10(9)21-4-1-5-22-12-20-19-11(7-18)23-12/h2-3,6H,1,4-5H2. The molecule has 0 amide bonds. The van der Waals surface area contributed by atoms with Gasteiger partial charge in [-0.25, -0.2) is 0 Å². The molecule has 5 nitrogen and oxygen atoms in total. The lowest BCUT2D eigenvalue weighted by atomic mass is 10.2. The zero-order chi connectivity index (χ0) is 16.9. The molecule has 10 heteroatoms. The van der Waals surface area contributed by atoms with Crippen molar-refractivity contribution in [3.05, 3.63) is 33.2 Å². The number of hydrogen-bond donors (Lipinski definition) is 0. The number of benzene rings is 1. The van der Waals surface area contributed by atoms with Crippen molar-refractivity contribution < 1.29 is 22.6 Å². The van der Waals surface area contributed by atoms with E-state index < -0.39 is 11.7 Å². The van der Waals surface area contributed by atoms with Crippen LogP contribution in [-0.4, -0.2) is 23.4 Å². The van der Waals surface area contributed by atoms with Crippen LogP contribution in [-0.2, 0) is 6.18 Å². The highest BCUT2D eigenvalue weighted by Crippen LogP contribution is 2.35. The van der Waals surface area contributed by atoms with Gasteiger partial charge >= 0.3 is 6.18 Å². The lowest BCUT2D eigenvalue weighted by Crippen LogP contribution is -2.08. The molecule has 122 valence electrons. The molecule has 2 aromatic rings. The Balaban J connectivity index is 1.81. The summed E-state index contributed by atoms with van der Waals surface area (Å²) in [4.78, 5) is 0. The molecule has 0 fully saturated rings. The molecule has 0 aliphatic heterocycles. The fourth-order valence-corrected chi connectivity index (χ4v) is 2.38. The van der Waals surface area contributed by atoms with Crippen molar-refractivity contribution in [3.63, 3.8) is 0 Å². The van der Waals surface area contributed by atoms with Gasteiger partial charge in [-0.2, -0.15) is 18.4 Å². The Morgan fingerprint density at radius 2 is 1.96 bits per heavy atom. The summed E-state index contributed by atoms with van der Waals surface area (Å²) in [6.07, 6.45) is -3.98. The van der Waals surface area contributed by atoms with E-state index in [0.717, 1.165) is 23.5 Å². The first-order valence-electron chi connectivity index (χ1n) is 6.26. The molecule has 1 aromatic carbocycles. The monoisotopic (exact) mass is 407 g/mol. The lowest BCUT2D eigenvalue weighted by molar-refractivity contribution is -0.137. The van der Waals surface area contributed by atoms with Crippen molar-refractivity contribution >= 4 is 27.3 Å². The largest absolute Gasteiger partial charge is 0.492 e. The Morgan fingerprint density at radius 1 is 1.22 bits per heavy atom. The van der Waals surface area contributed by atoms with Crippen LogP contribution in [0.1, 0.15) is 17.0 Å². The van der Waals surface area contributed by atoms with Gasteiger partial charge in [-0.1, -0.05) is 5.10 Å². The second kappa shape index (κ2) is 7.61. The number of ether oxygens (including phenoxy) is 2. The van der Waals surface area contributed by atoms with E-state index in [-0.39, 0.29) is 29.2 Å². The maximum absolute atomic E-state index is 12.6. The van der Waals surface area contributed by atoms with Gasteiger partial charge in [0.1, 0.15) is 11.8 Å². The molecule has 0 atom stereocenters. The summed E-state index contributed by atoms with van der Waals surface area (Å²) in [5.41, 5.74) is -0.773. The van der Waals surface area contributed by atoms with Crippen LogP contribution in [0.3, 0.4) is 0 Å². The first-order valence-corrected chi connectivity index (χ1v) is 7.87. The summed E-state index contributed by atoms with van der Waals surface area (Å²) in [7, 11) is 0. The summed E-state index contributed by atoms with van der Waals surface area (Å²) < 4.78 is 48.9. The number of rotatable bonds is 6. The van der Waals surface area contributed by atoms with Crippen molar-refractivity contribution in [3.8, 4) is 17.0 Å². The van der Waals surface area contributed by atoms with Crippen LogP contribution in [0.4, 0.5) is 13.2 Å². The molecule has 0 aliphatic carbocycles. The Labute approximate surface area is 141 Å². The molecular formula is C13H9BrF3N3O2S. The number of nitriles is 1. The van der Waals surface area contributed by atoms with Crippen LogP contribution in [0.5, 0.6) is 10.9 Å². The SMILES string of the molecule is N#Cc1nnc(OCCCOc2cc(C(F)(F)F)ccc2Br)s1. The average Bonchev–Trinajstić information content (AvgIpc) is 2.95. The van der Waals surface area contributed by atoms with Gasteiger partial charge in [-0.3, -0.25) is 0 Å². The van der Waals surface area contributed by atoms with E-state index in [1.807, 2.05) is 6.07 Å². The van der Waals surface area contributed by atoms with Crippen LogP contribution in [0.15, 0.2) is 22.7 Å². The number of aromatic nitrogens is 2. The fraction of sp³-hybridized carbons (Fsp3) is 0.308. The second-order valence-electron chi connectivity index (χ2n) is 4.18. The Kier molecular flexibility index (Phi) is 5.79. The third kappa shape index (κ3) is 5.07. The summed E-state index contributed by atoms with van der Waals surface area (Å²) in [6.45, 7) is 0.417. The average molecular weight is 408 g/mol. The van der Waals surface area contributed by atoms with Crippen molar-refractivity contribution in [2.45, 2.75) is 12.6 Å². The minimum atomic E-state index is -4.42. The highest BCUT2D eigenvalue weighted by Gasteiger charge is 2.31. The zero-order valence-electron chi connectivity index (χ0n) is 11.4. The molecule has 1 heterocycles. The van der Waals surface area contributed by atoms with Gasteiger partial charge in [0.2, 0.25) is 5.01 Å². The molecule has 0 spiro atoms. The number of nitrogens with zero attached hydrogens (tertiary/aromatic N) is 3. The first kappa shape index (κ1) is 17.5. The number of hydrogen-bond acceptors (Lipinski definition) is 6. The van der Waals surface area contributed by atoms with E-state index in [2.05, 4.69) is 26.1 Å². The smallest absolute Gasteiger partial charge is 0.416 e. The van der Waals surface area contributed by atoms with Crippen LogP contribution in [0.2, 0.25) is 0 Å². The molecule has 23 heavy (non-hydrogen) atoms. The van der Waals surface area contributed by atoms with Gasteiger partial charge in [0.05, 0.1) is 23.2 Å². The van der Waals surface area contributed by atoms with E-state index in [4.69, 9.17) is 14.7 Å². The van der Waals surface area contributed by atoms with Gasteiger partial charge in [0.15, 0.2) is 0 Å². The van der Waals surface area contributed by atoms with E-state index in [1.54, 1.807) is 0 Å². The molecule has 0 aliphatic rings. The second-order valence-corrected chi connectivity index (χ2v) is 5.97. The molecule has 0 saturated heterocycles. The van der Waals surface area contributed by atoms with Crippen LogP contribution < -0.4 is 9.47 Å². The summed E-state index contributed by atoms with van der Waals surface area (Å²) in [5, 5.41) is 16.3. The van der Waals surface area contributed by atoms with E-state index in [1.165, 1.54) is 6.07 Å². The predicted molar refractivity (Wildman–Crippen MR) is 79.4 cm³/mol. The van der Waals surface area contributed by atoms with Gasteiger partial charge in [-0.05, 0) is 45.5 Å². The zero-order valence-corrected chi connectivity index (χ0v) is 13.8. The molecule has 0 bridgehead atoms. The van der Waals surface area contributed by atoms with Crippen molar-refractivity contribution in [2.24, 2.45) is 0 Å². The van der Waals surface area contributed by atoms with E-state index in [9.17, 15) is 13.2 Å². The lowest BCUT2D eigenvalue weighted by Gasteiger charge is -2.12. The summed E-state index contributed by atoms with van der Waals surface area (Å²) in [6, 6.07) is 5.04. The molecular weight excluding hydrogens is 399 g/mol. The predicted octanol–water partition coefficient (Wildman–Crippen LogP) is 4.04. The topological polar surface area (TPSA) is 68.0 Å². The quantitative estimate of drug-likeness (QED) is 0.675. The van der Waals surface area contributed by atoms with E-state index in [0.29, 0.717) is 10.9 Å². The Bertz CT molecular complexity index is 715. The highest BCUT2D eigenvalue weighted by molar-refractivity contribution is 9.10. The van der Waals surface area contributed by atoms with Gasteiger partial charge < -0.3 is 9.47 Å². The van der Waals surface area contributed by atoms with Crippen LogP contribution in [0.25, 0.3) is 0 Å². The van der Waals surface area contributed by atoms with Gasteiger partial charge in [-0.15, -0.1) is 5.10 Å². The fourth-order valence-electron chi connectivity index (χ4n) is 1.50. The summed E-state index contributed by atoms with van der Waals surface area (Å²) in [5.74, 6) is 0.113. The van der Waals surface area contributed by atoms with Crippen molar-refractivity contribution in [1.82, 2.24) is 10.2 Å². The maximum Gasteiger partial charge on any atom is 0.416 e. The molecule has 0 radical (unpaired) electrons. The molecule has 0 saturated carbocycles. The Morgan fingerprint density at radius 3 is 2.61 bits per heavy atom. The maximum atomic E-state index is 12.6. The van der Waals surface area contributed by atoms with Crippen LogP contribution in [0, 0.1) is 11.3 Å². The van der Waals surface area contributed by atoms with Crippen molar-refractivity contribution in [1.29, 1.82) is 5.26 Å². The van der Waals surface area contributed by atoms with E-state index >= 15 is 0 Å².